The Hall–Kier alpha value is -1.16. The molecule has 1 aromatic rings. The lowest BCUT2D eigenvalue weighted by Gasteiger charge is -2.47. The number of halogens is 1. The van der Waals surface area contributed by atoms with E-state index in [-0.39, 0.29) is 5.82 Å². The van der Waals surface area contributed by atoms with Gasteiger partial charge in [0.05, 0.1) is 11.8 Å². The summed E-state index contributed by atoms with van der Waals surface area (Å²) in [5.41, 5.74) is -0.565. The molecule has 1 aromatic heterocycles. The van der Waals surface area contributed by atoms with E-state index in [4.69, 9.17) is 0 Å². The third kappa shape index (κ3) is 2.09. The summed E-state index contributed by atoms with van der Waals surface area (Å²) in [6, 6.07) is 3.03. The topological polar surface area (TPSA) is 36.4 Å². The molecule has 82 valence electrons. The molecule has 1 aliphatic heterocycles. The van der Waals surface area contributed by atoms with E-state index in [9.17, 15) is 9.50 Å². The number of pyridine rings is 1. The SMILES string of the molecule is CCCC1(O)CN(c2ccc(F)cn2)C1. The molecule has 0 atom stereocenters. The Morgan fingerprint density at radius 2 is 2.27 bits per heavy atom. The van der Waals surface area contributed by atoms with E-state index in [1.807, 2.05) is 4.90 Å². The molecule has 0 radical (unpaired) electrons. The van der Waals surface area contributed by atoms with Crippen molar-refractivity contribution in [2.45, 2.75) is 25.4 Å². The number of anilines is 1. The van der Waals surface area contributed by atoms with E-state index in [1.165, 1.54) is 12.3 Å². The summed E-state index contributed by atoms with van der Waals surface area (Å²) in [6.45, 7) is 3.25. The summed E-state index contributed by atoms with van der Waals surface area (Å²) >= 11 is 0. The van der Waals surface area contributed by atoms with Gasteiger partial charge in [-0.05, 0) is 18.6 Å². The van der Waals surface area contributed by atoms with Crippen LogP contribution in [0.2, 0.25) is 0 Å². The van der Waals surface area contributed by atoms with Gasteiger partial charge in [-0.3, -0.25) is 0 Å². The van der Waals surface area contributed by atoms with E-state index in [2.05, 4.69) is 11.9 Å². The van der Waals surface area contributed by atoms with Gasteiger partial charge in [-0.2, -0.15) is 0 Å². The highest BCUT2D eigenvalue weighted by Crippen LogP contribution is 2.29. The van der Waals surface area contributed by atoms with Gasteiger partial charge in [-0.15, -0.1) is 0 Å². The predicted molar refractivity (Wildman–Crippen MR) is 56.3 cm³/mol. The van der Waals surface area contributed by atoms with Crippen LogP contribution in [0.1, 0.15) is 19.8 Å². The molecule has 0 saturated carbocycles. The van der Waals surface area contributed by atoms with Crippen molar-refractivity contribution < 1.29 is 9.50 Å². The van der Waals surface area contributed by atoms with Crippen LogP contribution in [-0.4, -0.2) is 28.8 Å². The van der Waals surface area contributed by atoms with Gasteiger partial charge < -0.3 is 10.0 Å². The average molecular weight is 210 g/mol. The minimum atomic E-state index is -0.565. The van der Waals surface area contributed by atoms with Crippen LogP contribution in [0.3, 0.4) is 0 Å². The average Bonchev–Trinajstić information content (AvgIpc) is 2.16. The lowest BCUT2D eigenvalue weighted by Crippen LogP contribution is -2.62. The maximum Gasteiger partial charge on any atom is 0.141 e. The first-order chi connectivity index (χ1) is 7.13. The highest BCUT2D eigenvalue weighted by Gasteiger charge is 2.40. The first-order valence-electron chi connectivity index (χ1n) is 5.22. The van der Waals surface area contributed by atoms with Gasteiger partial charge in [0.25, 0.3) is 0 Å². The smallest absolute Gasteiger partial charge is 0.141 e. The lowest BCUT2D eigenvalue weighted by atomic mass is 9.89. The van der Waals surface area contributed by atoms with Gasteiger partial charge >= 0.3 is 0 Å². The zero-order valence-corrected chi connectivity index (χ0v) is 8.78. The number of aliphatic hydroxyl groups is 1. The largest absolute Gasteiger partial charge is 0.386 e. The summed E-state index contributed by atoms with van der Waals surface area (Å²) in [4.78, 5) is 5.92. The Morgan fingerprint density at radius 1 is 1.53 bits per heavy atom. The van der Waals surface area contributed by atoms with Crippen LogP contribution < -0.4 is 4.90 Å². The first-order valence-corrected chi connectivity index (χ1v) is 5.22. The Bertz CT molecular complexity index is 333. The Balaban J connectivity index is 1.97. The second-order valence-electron chi connectivity index (χ2n) is 4.17. The van der Waals surface area contributed by atoms with Crippen LogP contribution >= 0.6 is 0 Å². The van der Waals surface area contributed by atoms with Gasteiger partial charge in [0, 0.05) is 13.1 Å². The molecule has 2 heterocycles. The number of nitrogens with zero attached hydrogens (tertiary/aromatic N) is 2. The minimum absolute atomic E-state index is 0.330. The third-order valence-electron chi connectivity index (χ3n) is 2.72. The number of β-amino-alcohol motifs (C(OH)–C–C–N with tert-alkyl or cyclic N) is 1. The molecule has 2 rings (SSSR count). The van der Waals surface area contributed by atoms with Crippen LogP contribution in [-0.2, 0) is 0 Å². The van der Waals surface area contributed by atoms with Gasteiger partial charge in [0.15, 0.2) is 0 Å². The molecule has 3 nitrogen and oxygen atoms in total. The molecule has 0 amide bonds. The normalized spacial score (nSPS) is 18.7. The van der Waals surface area contributed by atoms with Crippen LogP contribution in [0.15, 0.2) is 18.3 Å². The van der Waals surface area contributed by atoms with Gasteiger partial charge in [-0.1, -0.05) is 13.3 Å². The van der Waals surface area contributed by atoms with E-state index in [1.54, 1.807) is 6.07 Å². The molecule has 4 heteroatoms. The number of rotatable bonds is 3. The minimum Gasteiger partial charge on any atom is -0.386 e. The van der Waals surface area contributed by atoms with Crippen molar-refractivity contribution in [3.8, 4) is 0 Å². The highest BCUT2D eigenvalue weighted by molar-refractivity contribution is 5.43. The molecular weight excluding hydrogens is 195 g/mol. The fourth-order valence-corrected chi connectivity index (χ4v) is 2.00. The highest BCUT2D eigenvalue weighted by atomic mass is 19.1. The Labute approximate surface area is 88.6 Å². The predicted octanol–water partition coefficient (Wildman–Crippen LogP) is 1.57. The second-order valence-corrected chi connectivity index (χ2v) is 4.17. The van der Waals surface area contributed by atoms with E-state index >= 15 is 0 Å². The van der Waals surface area contributed by atoms with Crippen LogP contribution in [0.5, 0.6) is 0 Å². The van der Waals surface area contributed by atoms with Crippen molar-refractivity contribution in [1.29, 1.82) is 0 Å². The van der Waals surface area contributed by atoms with E-state index in [0.29, 0.717) is 13.1 Å². The van der Waals surface area contributed by atoms with Crippen molar-refractivity contribution in [1.82, 2.24) is 4.98 Å². The number of aromatic nitrogens is 1. The van der Waals surface area contributed by atoms with Crippen LogP contribution in [0.25, 0.3) is 0 Å². The zero-order chi connectivity index (χ0) is 10.9. The van der Waals surface area contributed by atoms with Gasteiger partial charge in [0.2, 0.25) is 0 Å². The molecule has 1 N–H and O–H groups in total. The van der Waals surface area contributed by atoms with E-state index < -0.39 is 5.60 Å². The molecule has 15 heavy (non-hydrogen) atoms. The number of hydrogen-bond donors (Lipinski definition) is 1. The van der Waals surface area contributed by atoms with Crippen molar-refractivity contribution in [3.63, 3.8) is 0 Å². The summed E-state index contributed by atoms with van der Waals surface area (Å²) < 4.78 is 12.6. The van der Waals surface area contributed by atoms with E-state index in [0.717, 1.165) is 18.7 Å². The number of hydrogen-bond acceptors (Lipinski definition) is 3. The quantitative estimate of drug-likeness (QED) is 0.822. The summed E-state index contributed by atoms with van der Waals surface area (Å²) in [5, 5.41) is 9.95. The fraction of sp³-hybridized carbons (Fsp3) is 0.545. The molecule has 0 unspecified atom stereocenters. The molecule has 1 aliphatic rings. The molecule has 1 fully saturated rings. The molecule has 0 aliphatic carbocycles. The van der Waals surface area contributed by atoms with Crippen molar-refractivity contribution >= 4 is 5.82 Å². The third-order valence-corrected chi connectivity index (χ3v) is 2.72. The Kier molecular flexibility index (Phi) is 2.61. The van der Waals surface area contributed by atoms with Crippen molar-refractivity contribution in [2.75, 3.05) is 18.0 Å². The summed E-state index contributed by atoms with van der Waals surface area (Å²) in [7, 11) is 0. The van der Waals surface area contributed by atoms with Crippen molar-refractivity contribution in [3.05, 3.63) is 24.1 Å². The Morgan fingerprint density at radius 3 is 2.80 bits per heavy atom. The summed E-state index contributed by atoms with van der Waals surface area (Å²) in [5.74, 6) is 0.403. The van der Waals surface area contributed by atoms with Crippen LogP contribution in [0, 0.1) is 5.82 Å². The molecule has 0 bridgehead atoms. The monoisotopic (exact) mass is 210 g/mol. The molecular formula is C11H15FN2O. The second kappa shape index (κ2) is 3.77. The molecule has 1 saturated heterocycles. The maximum atomic E-state index is 12.6. The van der Waals surface area contributed by atoms with Crippen molar-refractivity contribution in [2.24, 2.45) is 0 Å². The summed E-state index contributed by atoms with van der Waals surface area (Å²) in [6.07, 6.45) is 2.98. The molecule has 0 aromatic carbocycles. The van der Waals surface area contributed by atoms with Gasteiger partial charge in [-0.25, -0.2) is 9.37 Å². The standard InChI is InChI=1S/C11H15FN2O/c1-2-5-11(15)7-14(8-11)10-4-3-9(12)6-13-10/h3-4,6,15H,2,5,7-8H2,1H3. The van der Waals surface area contributed by atoms with Crippen LogP contribution in [0.4, 0.5) is 10.2 Å². The molecule has 0 spiro atoms. The first kappa shape index (κ1) is 10.4. The van der Waals surface area contributed by atoms with Gasteiger partial charge in [0.1, 0.15) is 11.6 Å². The zero-order valence-electron chi connectivity index (χ0n) is 8.78. The lowest BCUT2D eigenvalue weighted by molar-refractivity contribution is 0.00294. The fourth-order valence-electron chi connectivity index (χ4n) is 2.00. The maximum absolute atomic E-state index is 12.6.